The smallest absolute Gasteiger partial charge is 0.336 e. The van der Waals surface area contributed by atoms with Crippen LogP contribution in [-0.2, 0) is 17.9 Å². The first-order valence-electron chi connectivity index (χ1n) is 12.9. The number of rotatable bonds is 14. The summed E-state index contributed by atoms with van der Waals surface area (Å²) in [4.78, 5) is 31.8. The maximum Gasteiger partial charge on any atom is 0.336 e. The first-order valence-corrected chi connectivity index (χ1v) is 12.9. The van der Waals surface area contributed by atoms with Gasteiger partial charge in [0.15, 0.2) is 0 Å². The minimum atomic E-state index is -0.916. The van der Waals surface area contributed by atoms with Crippen LogP contribution < -0.4 is 10.1 Å². The number of anilines is 1. The number of H-pyrrole nitrogens is 1. The van der Waals surface area contributed by atoms with Crippen LogP contribution in [0.4, 0.5) is 5.69 Å². The maximum absolute atomic E-state index is 12.9. The van der Waals surface area contributed by atoms with Gasteiger partial charge in [0.2, 0.25) is 5.91 Å². The van der Waals surface area contributed by atoms with Crippen molar-refractivity contribution in [2.24, 2.45) is 0 Å². The second-order valence-electron chi connectivity index (χ2n) is 9.45. The van der Waals surface area contributed by atoms with Gasteiger partial charge in [0, 0.05) is 37.2 Å². The molecule has 0 unspecified atom stereocenters. The number of aromatic carboxylic acids is 1. The number of ether oxygens (including phenoxy) is 1. The summed E-state index contributed by atoms with van der Waals surface area (Å²) in [5.41, 5.74) is 2.86. The molecule has 0 saturated carbocycles. The number of benzene rings is 3. The molecule has 4 aromatic rings. The van der Waals surface area contributed by atoms with Crippen molar-refractivity contribution in [1.82, 2.24) is 14.8 Å². The monoisotopic (exact) mass is 526 g/mol. The number of amides is 1. The minimum Gasteiger partial charge on any atom is -0.478 e. The first-order chi connectivity index (χ1) is 19.0. The number of para-hydroxylation sites is 1. The molecule has 3 aromatic carbocycles. The van der Waals surface area contributed by atoms with E-state index >= 15 is 0 Å². The number of carbonyl (C=O) groups excluding carboxylic acids is 1. The standard InChI is InChI=1S/C31H34N4O4/c1-34(21-24-9-5-6-13-29(24)31(37)38)19-8-20-35(22-26-10-7-18-32-26)23-30(36)33-25-14-16-28(17-15-25)39-27-11-3-2-4-12-27/h2-7,9-18,32H,8,19-23H2,1H3,(H,33,36)(H,37,38). The Hall–Kier alpha value is -4.40. The summed E-state index contributed by atoms with van der Waals surface area (Å²) in [7, 11) is 1.98. The van der Waals surface area contributed by atoms with Gasteiger partial charge in [-0.15, -0.1) is 0 Å². The molecule has 1 heterocycles. The molecule has 39 heavy (non-hydrogen) atoms. The van der Waals surface area contributed by atoms with Crippen LogP contribution in [0.15, 0.2) is 97.2 Å². The number of aromatic amines is 1. The average molecular weight is 527 g/mol. The van der Waals surface area contributed by atoms with Gasteiger partial charge in [-0.05, 0) is 80.2 Å². The van der Waals surface area contributed by atoms with Crippen LogP contribution >= 0.6 is 0 Å². The molecule has 8 heteroatoms. The van der Waals surface area contributed by atoms with Crippen LogP contribution in [0.1, 0.15) is 28.0 Å². The number of carbonyl (C=O) groups is 2. The van der Waals surface area contributed by atoms with E-state index in [1.54, 1.807) is 12.1 Å². The van der Waals surface area contributed by atoms with Crippen molar-refractivity contribution in [3.63, 3.8) is 0 Å². The average Bonchev–Trinajstić information content (AvgIpc) is 3.43. The lowest BCUT2D eigenvalue weighted by Gasteiger charge is -2.23. The Bertz CT molecular complexity index is 1320. The van der Waals surface area contributed by atoms with E-state index in [1.807, 2.05) is 92.1 Å². The molecule has 8 nitrogen and oxygen atoms in total. The van der Waals surface area contributed by atoms with Crippen molar-refractivity contribution >= 4 is 17.6 Å². The van der Waals surface area contributed by atoms with Gasteiger partial charge in [0.1, 0.15) is 11.5 Å². The summed E-state index contributed by atoms with van der Waals surface area (Å²) in [5, 5.41) is 12.4. The van der Waals surface area contributed by atoms with Crippen molar-refractivity contribution in [2.75, 3.05) is 32.0 Å². The lowest BCUT2D eigenvalue weighted by molar-refractivity contribution is -0.117. The Morgan fingerprint density at radius 2 is 1.56 bits per heavy atom. The number of hydrogen-bond acceptors (Lipinski definition) is 5. The molecule has 1 amide bonds. The summed E-state index contributed by atoms with van der Waals surface area (Å²) in [6.45, 7) is 2.88. The Balaban J connectivity index is 1.29. The third kappa shape index (κ3) is 8.84. The highest BCUT2D eigenvalue weighted by Crippen LogP contribution is 2.22. The van der Waals surface area contributed by atoms with E-state index in [2.05, 4.69) is 20.1 Å². The second-order valence-corrected chi connectivity index (χ2v) is 9.45. The van der Waals surface area contributed by atoms with E-state index in [0.717, 1.165) is 30.0 Å². The third-order valence-corrected chi connectivity index (χ3v) is 6.24. The van der Waals surface area contributed by atoms with Crippen molar-refractivity contribution < 1.29 is 19.4 Å². The molecule has 0 aliphatic rings. The zero-order valence-electron chi connectivity index (χ0n) is 22.0. The molecule has 0 aliphatic heterocycles. The van der Waals surface area contributed by atoms with Crippen molar-refractivity contribution in [3.05, 3.63) is 114 Å². The van der Waals surface area contributed by atoms with Gasteiger partial charge in [-0.3, -0.25) is 9.69 Å². The van der Waals surface area contributed by atoms with E-state index in [0.29, 0.717) is 36.6 Å². The summed E-state index contributed by atoms with van der Waals surface area (Å²) >= 11 is 0. The molecule has 0 radical (unpaired) electrons. The molecular formula is C31H34N4O4. The van der Waals surface area contributed by atoms with Crippen LogP contribution in [-0.4, -0.2) is 58.4 Å². The number of carboxylic acid groups (broad SMARTS) is 1. The minimum absolute atomic E-state index is 0.0953. The quantitative estimate of drug-likeness (QED) is 0.202. The van der Waals surface area contributed by atoms with E-state index in [9.17, 15) is 14.7 Å². The SMILES string of the molecule is CN(CCCN(CC(=O)Nc1ccc(Oc2ccccc2)cc1)Cc1ccc[nH]1)Cc1ccccc1C(=O)O. The molecule has 1 aromatic heterocycles. The summed E-state index contributed by atoms with van der Waals surface area (Å²) in [6, 6.07) is 27.9. The number of aromatic nitrogens is 1. The van der Waals surface area contributed by atoms with Crippen molar-refractivity contribution in [1.29, 1.82) is 0 Å². The molecule has 0 aliphatic carbocycles. The van der Waals surface area contributed by atoms with E-state index < -0.39 is 5.97 Å². The van der Waals surface area contributed by atoms with Gasteiger partial charge in [0.05, 0.1) is 12.1 Å². The summed E-state index contributed by atoms with van der Waals surface area (Å²) in [6.07, 6.45) is 2.70. The van der Waals surface area contributed by atoms with Crippen LogP contribution in [0.3, 0.4) is 0 Å². The molecule has 3 N–H and O–H groups in total. The highest BCUT2D eigenvalue weighted by molar-refractivity contribution is 5.92. The topological polar surface area (TPSA) is 97.9 Å². The lowest BCUT2D eigenvalue weighted by Crippen LogP contribution is -2.35. The Labute approximate surface area is 228 Å². The van der Waals surface area contributed by atoms with Gasteiger partial charge in [-0.2, -0.15) is 0 Å². The van der Waals surface area contributed by atoms with E-state index in [-0.39, 0.29) is 12.5 Å². The summed E-state index contributed by atoms with van der Waals surface area (Å²) < 4.78 is 5.82. The number of nitrogens with one attached hydrogen (secondary N) is 2. The molecular weight excluding hydrogens is 492 g/mol. The molecule has 4 rings (SSSR count). The highest BCUT2D eigenvalue weighted by Gasteiger charge is 2.14. The molecule has 0 bridgehead atoms. The zero-order chi connectivity index (χ0) is 27.5. The van der Waals surface area contributed by atoms with Gasteiger partial charge in [-0.25, -0.2) is 4.79 Å². The zero-order valence-corrected chi connectivity index (χ0v) is 22.0. The van der Waals surface area contributed by atoms with Gasteiger partial charge < -0.3 is 25.0 Å². The van der Waals surface area contributed by atoms with Gasteiger partial charge >= 0.3 is 5.97 Å². The van der Waals surface area contributed by atoms with Crippen LogP contribution in [0.5, 0.6) is 11.5 Å². The Morgan fingerprint density at radius 1 is 0.846 bits per heavy atom. The maximum atomic E-state index is 12.9. The normalized spacial score (nSPS) is 11.1. The van der Waals surface area contributed by atoms with E-state index in [4.69, 9.17) is 4.74 Å². The molecule has 0 atom stereocenters. The Morgan fingerprint density at radius 3 is 2.28 bits per heavy atom. The highest BCUT2D eigenvalue weighted by atomic mass is 16.5. The number of carboxylic acids is 1. The number of hydrogen-bond donors (Lipinski definition) is 3. The molecule has 202 valence electrons. The number of nitrogens with zero attached hydrogens (tertiary/aromatic N) is 2. The van der Waals surface area contributed by atoms with Crippen LogP contribution in [0.25, 0.3) is 0 Å². The van der Waals surface area contributed by atoms with E-state index in [1.165, 1.54) is 0 Å². The first kappa shape index (κ1) is 27.6. The molecule has 0 spiro atoms. The fourth-order valence-corrected chi connectivity index (χ4v) is 4.36. The Kier molecular flexibility index (Phi) is 9.88. The van der Waals surface area contributed by atoms with Crippen LogP contribution in [0.2, 0.25) is 0 Å². The molecule has 0 saturated heterocycles. The predicted octanol–water partition coefficient (Wildman–Crippen LogP) is 5.47. The fourth-order valence-electron chi connectivity index (χ4n) is 4.36. The second kappa shape index (κ2) is 13.9. The lowest BCUT2D eigenvalue weighted by atomic mass is 10.1. The fraction of sp³-hybridized carbons (Fsp3) is 0.226. The van der Waals surface area contributed by atoms with Gasteiger partial charge in [0.25, 0.3) is 0 Å². The van der Waals surface area contributed by atoms with Crippen LogP contribution in [0, 0.1) is 0 Å². The van der Waals surface area contributed by atoms with Gasteiger partial charge in [-0.1, -0.05) is 36.4 Å². The largest absolute Gasteiger partial charge is 0.478 e. The molecule has 0 fully saturated rings. The van der Waals surface area contributed by atoms with Crippen molar-refractivity contribution in [2.45, 2.75) is 19.5 Å². The summed E-state index contributed by atoms with van der Waals surface area (Å²) in [5.74, 6) is 0.441. The predicted molar refractivity (Wildman–Crippen MR) is 152 cm³/mol. The third-order valence-electron chi connectivity index (χ3n) is 6.24. The van der Waals surface area contributed by atoms with Crippen molar-refractivity contribution in [3.8, 4) is 11.5 Å².